The summed E-state index contributed by atoms with van der Waals surface area (Å²) in [6.07, 6.45) is 8.53. The van der Waals surface area contributed by atoms with E-state index in [0.717, 1.165) is 19.0 Å². The van der Waals surface area contributed by atoms with Crippen LogP contribution in [0, 0.1) is 11.3 Å². The lowest BCUT2D eigenvalue weighted by molar-refractivity contribution is 0.151. The number of hydrogen-bond donors (Lipinski definition) is 1. The van der Waals surface area contributed by atoms with E-state index in [1.165, 1.54) is 57.6 Å². The molecule has 3 rings (SSSR count). The van der Waals surface area contributed by atoms with E-state index < -0.39 is 0 Å². The molecule has 0 aromatic carbocycles. The van der Waals surface area contributed by atoms with Crippen LogP contribution in [0.1, 0.15) is 45.4 Å². The third-order valence-corrected chi connectivity index (χ3v) is 4.68. The lowest BCUT2D eigenvalue weighted by Crippen LogP contribution is -2.42. The summed E-state index contributed by atoms with van der Waals surface area (Å²) in [5.74, 6) is 2.08. The maximum atomic E-state index is 4.81. The molecule has 2 saturated carbocycles. The Morgan fingerprint density at radius 1 is 1.35 bits per heavy atom. The molecule has 2 aliphatic carbocycles. The SMILES string of the molecule is CCNC(=NCC1CC1)N1CCC2(CCC2)C1. The van der Waals surface area contributed by atoms with E-state index in [4.69, 9.17) is 4.99 Å². The zero-order chi connectivity index (χ0) is 11.7. The fourth-order valence-electron chi connectivity index (χ4n) is 3.14. The molecule has 3 nitrogen and oxygen atoms in total. The van der Waals surface area contributed by atoms with Crippen molar-refractivity contribution >= 4 is 5.96 Å². The molecule has 1 spiro atoms. The maximum absolute atomic E-state index is 4.81. The number of nitrogens with zero attached hydrogens (tertiary/aromatic N) is 2. The molecular formula is C14H25N3. The van der Waals surface area contributed by atoms with E-state index >= 15 is 0 Å². The lowest BCUT2D eigenvalue weighted by atomic mass is 9.68. The molecule has 3 heteroatoms. The van der Waals surface area contributed by atoms with Crippen molar-refractivity contribution in [2.75, 3.05) is 26.2 Å². The van der Waals surface area contributed by atoms with Gasteiger partial charge >= 0.3 is 0 Å². The minimum atomic E-state index is 0.676. The topological polar surface area (TPSA) is 27.6 Å². The number of likely N-dealkylation sites (tertiary alicyclic amines) is 1. The lowest BCUT2D eigenvalue weighted by Gasteiger charge is -2.38. The second-order valence-corrected chi connectivity index (χ2v) is 6.16. The van der Waals surface area contributed by atoms with Gasteiger partial charge in [-0.15, -0.1) is 0 Å². The zero-order valence-electron chi connectivity index (χ0n) is 11.0. The van der Waals surface area contributed by atoms with Crippen LogP contribution in [-0.2, 0) is 0 Å². The molecule has 1 saturated heterocycles. The number of hydrogen-bond acceptors (Lipinski definition) is 1. The van der Waals surface area contributed by atoms with Crippen LogP contribution in [0.5, 0.6) is 0 Å². The van der Waals surface area contributed by atoms with Crippen molar-refractivity contribution in [3.63, 3.8) is 0 Å². The summed E-state index contributed by atoms with van der Waals surface area (Å²) < 4.78 is 0. The smallest absolute Gasteiger partial charge is 0.193 e. The van der Waals surface area contributed by atoms with Gasteiger partial charge in [-0.2, -0.15) is 0 Å². The third-order valence-electron chi connectivity index (χ3n) is 4.68. The first kappa shape index (κ1) is 11.4. The van der Waals surface area contributed by atoms with Crippen molar-refractivity contribution in [3.05, 3.63) is 0 Å². The molecule has 0 radical (unpaired) electrons. The first-order valence-electron chi connectivity index (χ1n) is 7.35. The molecule has 1 aliphatic heterocycles. The molecular weight excluding hydrogens is 210 g/mol. The molecule has 0 unspecified atom stereocenters. The van der Waals surface area contributed by atoms with Crippen LogP contribution >= 0.6 is 0 Å². The normalized spacial score (nSPS) is 27.4. The Labute approximate surface area is 105 Å². The molecule has 0 atom stereocenters. The van der Waals surface area contributed by atoms with Gasteiger partial charge in [0.2, 0.25) is 0 Å². The Balaban J connectivity index is 1.60. The molecule has 1 N–H and O–H groups in total. The van der Waals surface area contributed by atoms with Crippen molar-refractivity contribution in [1.82, 2.24) is 10.2 Å². The van der Waals surface area contributed by atoms with Crippen LogP contribution in [0.25, 0.3) is 0 Å². The van der Waals surface area contributed by atoms with E-state index in [0.29, 0.717) is 5.41 Å². The van der Waals surface area contributed by atoms with Crippen molar-refractivity contribution < 1.29 is 0 Å². The van der Waals surface area contributed by atoms with Gasteiger partial charge in [-0.1, -0.05) is 6.42 Å². The van der Waals surface area contributed by atoms with E-state index in [9.17, 15) is 0 Å². The molecule has 96 valence electrons. The number of rotatable bonds is 3. The van der Waals surface area contributed by atoms with E-state index in [2.05, 4.69) is 17.1 Å². The van der Waals surface area contributed by atoms with E-state index in [1.54, 1.807) is 0 Å². The Bertz CT molecular complexity index is 303. The predicted octanol–water partition coefficient (Wildman–Crippen LogP) is 2.24. The summed E-state index contributed by atoms with van der Waals surface area (Å²) in [5.41, 5.74) is 0.676. The Morgan fingerprint density at radius 3 is 2.71 bits per heavy atom. The Hall–Kier alpha value is -0.730. The molecule has 0 aromatic rings. The van der Waals surface area contributed by atoms with Crippen LogP contribution < -0.4 is 5.32 Å². The maximum Gasteiger partial charge on any atom is 0.193 e. The van der Waals surface area contributed by atoms with Gasteiger partial charge in [0.05, 0.1) is 0 Å². The largest absolute Gasteiger partial charge is 0.357 e. The highest BCUT2D eigenvalue weighted by Gasteiger charge is 2.43. The second-order valence-electron chi connectivity index (χ2n) is 6.16. The second kappa shape index (κ2) is 4.51. The summed E-state index contributed by atoms with van der Waals surface area (Å²) in [4.78, 5) is 7.32. The minimum Gasteiger partial charge on any atom is -0.357 e. The number of aliphatic imine (C=N–C) groups is 1. The van der Waals surface area contributed by atoms with Crippen molar-refractivity contribution in [2.45, 2.75) is 45.4 Å². The molecule has 1 heterocycles. The zero-order valence-corrected chi connectivity index (χ0v) is 11.0. The predicted molar refractivity (Wildman–Crippen MR) is 71.2 cm³/mol. The number of nitrogens with one attached hydrogen (secondary N) is 1. The summed E-state index contributed by atoms with van der Waals surface area (Å²) >= 11 is 0. The average molecular weight is 235 g/mol. The minimum absolute atomic E-state index is 0.676. The third kappa shape index (κ3) is 2.43. The van der Waals surface area contributed by atoms with Gasteiger partial charge in [0, 0.05) is 26.2 Å². The molecule has 0 aromatic heterocycles. The van der Waals surface area contributed by atoms with Gasteiger partial charge in [0.15, 0.2) is 5.96 Å². The van der Waals surface area contributed by atoms with Crippen LogP contribution in [0.2, 0.25) is 0 Å². The standard InChI is InChI=1S/C14H25N3/c1-2-15-13(16-10-12-4-5-12)17-9-8-14(11-17)6-3-7-14/h12H,2-11H2,1H3,(H,15,16). The van der Waals surface area contributed by atoms with Gasteiger partial charge in [0.1, 0.15) is 0 Å². The first-order chi connectivity index (χ1) is 8.31. The summed E-state index contributed by atoms with van der Waals surface area (Å²) in [5, 5.41) is 3.47. The average Bonchev–Trinajstić information content (AvgIpc) is 2.99. The van der Waals surface area contributed by atoms with Crippen LogP contribution in [0.15, 0.2) is 4.99 Å². The molecule has 17 heavy (non-hydrogen) atoms. The summed E-state index contributed by atoms with van der Waals surface area (Å²) in [7, 11) is 0. The highest BCUT2D eigenvalue weighted by atomic mass is 15.3. The monoisotopic (exact) mass is 235 g/mol. The fourth-order valence-corrected chi connectivity index (χ4v) is 3.14. The highest BCUT2D eigenvalue weighted by molar-refractivity contribution is 5.80. The summed E-state index contributed by atoms with van der Waals surface area (Å²) in [6, 6.07) is 0. The Morgan fingerprint density at radius 2 is 2.18 bits per heavy atom. The van der Waals surface area contributed by atoms with Crippen LogP contribution in [0.4, 0.5) is 0 Å². The molecule has 0 amide bonds. The van der Waals surface area contributed by atoms with Gasteiger partial charge < -0.3 is 10.2 Å². The highest BCUT2D eigenvalue weighted by Crippen LogP contribution is 2.47. The molecule has 3 fully saturated rings. The number of guanidine groups is 1. The molecule has 3 aliphatic rings. The Kier molecular flexibility index (Phi) is 3.01. The van der Waals surface area contributed by atoms with E-state index in [-0.39, 0.29) is 0 Å². The van der Waals surface area contributed by atoms with Crippen LogP contribution in [-0.4, -0.2) is 37.0 Å². The molecule has 0 bridgehead atoms. The van der Waals surface area contributed by atoms with Gasteiger partial charge in [-0.3, -0.25) is 4.99 Å². The van der Waals surface area contributed by atoms with Gasteiger partial charge in [-0.05, 0) is 50.4 Å². The van der Waals surface area contributed by atoms with E-state index in [1.807, 2.05) is 0 Å². The van der Waals surface area contributed by atoms with Gasteiger partial charge in [-0.25, -0.2) is 0 Å². The van der Waals surface area contributed by atoms with Crippen LogP contribution in [0.3, 0.4) is 0 Å². The van der Waals surface area contributed by atoms with Crippen molar-refractivity contribution in [2.24, 2.45) is 16.3 Å². The van der Waals surface area contributed by atoms with Crippen molar-refractivity contribution in [1.29, 1.82) is 0 Å². The van der Waals surface area contributed by atoms with Gasteiger partial charge in [0.25, 0.3) is 0 Å². The quantitative estimate of drug-likeness (QED) is 0.600. The van der Waals surface area contributed by atoms with Crippen molar-refractivity contribution in [3.8, 4) is 0 Å². The first-order valence-corrected chi connectivity index (χ1v) is 7.35. The summed E-state index contributed by atoms with van der Waals surface area (Å²) in [6.45, 7) is 6.68. The fraction of sp³-hybridized carbons (Fsp3) is 0.929.